The van der Waals surface area contributed by atoms with Crippen molar-refractivity contribution in [3.8, 4) is 5.75 Å². The molecule has 3 heteroatoms. The lowest BCUT2D eigenvalue weighted by molar-refractivity contribution is -0.0164. The summed E-state index contributed by atoms with van der Waals surface area (Å²) in [5, 5.41) is 0. The molecule has 0 unspecified atom stereocenters. The molecule has 102 valence electrons. The van der Waals surface area contributed by atoms with Crippen LogP contribution in [0.1, 0.15) is 44.9 Å². The molecular formula is C15H25NO2. The minimum absolute atomic E-state index is 0.0239. The second-order valence-electron chi connectivity index (χ2n) is 5.64. The van der Waals surface area contributed by atoms with Crippen molar-refractivity contribution < 1.29 is 9.47 Å². The zero-order chi connectivity index (χ0) is 13.8. The average molecular weight is 251 g/mol. The van der Waals surface area contributed by atoms with Crippen molar-refractivity contribution >= 4 is 0 Å². The van der Waals surface area contributed by atoms with Crippen molar-refractivity contribution in [3.05, 3.63) is 29.3 Å². The zero-order valence-corrected chi connectivity index (χ0v) is 12.1. The number of benzene rings is 1. The van der Waals surface area contributed by atoms with Crippen molar-refractivity contribution in [1.29, 1.82) is 0 Å². The number of hydrogen-bond donors (Lipinski definition) is 1. The predicted octanol–water partition coefficient (Wildman–Crippen LogP) is 3.21. The molecule has 0 aromatic heterocycles. The summed E-state index contributed by atoms with van der Waals surface area (Å²) in [5.74, 6) is 0.863. The van der Waals surface area contributed by atoms with Crippen LogP contribution < -0.4 is 10.5 Å². The monoisotopic (exact) mass is 251 g/mol. The molecule has 0 aliphatic rings. The van der Waals surface area contributed by atoms with Crippen LogP contribution >= 0.6 is 0 Å². The van der Waals surface area contributed by atoms with Crippen LogP contribution in [0.5, 0.6) is 5.75 Å². The summed E-state index contributed by atoms with van der Waals surface area (Å²) >= 11 is 0. The van der Waals surface area contributed by atoms with E-state index in [-0.39, 0.29) is 11.6 Å². The summed E-state index contributed by atoms with van der Waals surface area (Å²) in [4.78, 5) is 0. The van der Waals surface area contributed by atoms with Gasteiger partial charge >= 0.3 is 0 Å². The molecule has 0 amide bonds. The Balaban J connectivity index is 2.58. The van der Waals surface area contributed by atoms with Gasteiger partial charge in [0.1, 0.15) is 12.4 Å². The third-order valence-corrected chi connectivity index (χ3v) is 2.54. The van der Waals surface area contributed by atoms with E-state index < -0.39 is 0 Å². The fourth-order valence-electron chi connectivity index (χ4n) is 1.64. The average Bonchev–Trinajstić information content (AvgIpc) is 2.22. The predicted molar refractivity (Wildman–Crippen MR) is 75.0 cm³/mol. The highest BCUT2D eigenvalue weighted by atomic mass is 16.5. The van der Waals surface area contributed by atoms with Crippen molar-refractivity contribution in [2.45, 2.75) is 46.3 Å². The summed E-state index contributed by atoms with van der Waals surface area (Å²) < 4.78 is 11.4. The molecule has 0 heterocycles. The molecule has 0 fully saturated rings. The molecule has 0 bridgehead atoms. The van der Waals surface area contributed by atoms with E-state index in [0.29, 0.717) is 13.2 Å². The summed E-state index contributed by atoms with van der Waals surface area (Å²) in [5.41, 5.74) is 8.01. The van der Waals surface area contributed by atoms with Gasteiger partial charge in [0.15, 0.2) is 0 Å². The smallest absolute Gasteiger partial charge is 0.124 e. The van der Waals surface area contributed by atoms with Gasteiger partial charge in [0.05, 0.1) is 12.2 Å². The van der Waals surface area contributed by atoms with Gasteiger partial charge in [-0.25, -0.2) is 0 Å². The van der Waals surface area contributed by atoms with Gasteiger partial charge in [-0.1, -0.05) is 12.1 Å². The molecule has 1 aromatic carbocycles. The molecule has 1 atom stereocenters. The van der Waals surface area contributed by atoms with E-state index in [4.69, 9.17) is 15.2 Å². The highest BCUT2D eigenvalue weighted by Gasteiger charge is 2.11. The van der Waals surface area contributed by atoms with E-state index in [2.05, 4.69) is 6.07 Å². The van der Waals surface area contributed by atoms with Gasteiger partial charge < -0.3 is 15.2 Å². The normalized spacial score (nSPS) is 13.4. The first-order valence-corrected chi connectivity index (χ1v) is 6.42. The maximum atomic E-state index is 5.93. The number of nitrogens with two attached hydrogens (primary N) is 1. The van der Waals surface area contributed by atoms with E-state index in [9.17, 15) is 0 Å². The lowest BCUT2D eigenvalue weighted by Crippen LogP contribution is -2.22. The Morgan fingerprint density at radius 1 is 1.22 bits per heavy atom. The molecule has 3 nitrogen and oxygen atoms in total. The number of ether oxygens (including phenoxy) is 2. The first kappa shape index (κ1) is 15.0. The standard InChI is InChI=1S/C15H25NO2/c1-11-6-7-13(12(2)16)14(10-11)17-8-9-18-15(3,4)5/h6-7,10,12H,8-9,16H2,1-5H3/t12-/m0/s1. The first-order chi connectivity index (χ1) is 8.29. The fraction of sp³-hybridized carbons (Fsp3) is 0.600. The van der Waals surface area contributed by atoms with E-state index in [1.807, 2.05) is 46.8 Å². The molecular weight excluding hydrogens is 226 g/mol. The highest BCUT2D eigenvalue weighted by Crippen LogP contribution is 2.25. The quantitative estimate of drug-likeness (QED) is 0.817. The summed E-state index contributed by atoms with van der Waals surface area (Å²) in [6.45, 7) is 11.2. The first-order valence-electron chi connectivity index (χ1n) is 6.42. The molecule has 2 N–H and O–H groups in total. The molecule has 1 aromatic rings. The van der Waals surface area contributed by atoms with E-state index in [0.717, 1.165) is 11.3 Å². The van der Waals surface area contributed by atoms with Crippen LogP contribution in [0.4, 0.5) is 0 Å². The second-order valence-corrected chi connectivity index (χ2v) is 5.64. The van der Waals surface area contributed by atoms with Gasteiger partial charge in [-0.15, -0.1) is 0 Å². The number of rotatable bonds is 5. The SMILES string of the molecule is Cc1ccc([C@H](C)N)c(OCCOC(C)(C)C)c1. The van der Waals surface area contributed by atoms with Crippen LogP contribution in [0.2, 0.25) is 0 Å². The van der Waals surface area contributed by atoms with Crippen molar-refractivity contribution in [2.24, 2.45) is 5.73 Å². The van der Waals surface area contributed by atoms with Gasteiger partial charge in [-0.2, -0.15) is 0 Å². The largest absolute Gasteiger partial charge is 0.491 e. The van der Waals surface area contributed by atoms with Crippen LogP contribution in [0.25, 0.3) is 0 Å². The molecule has 0 radical (unpaired) electrons. The fourth-order valence-corrected chi connectivity index (χ4v) is 1.64. The van der Waals surface area contributed by atoms with E-state index in [1.54, 1.807) is 0 Å². The second kappa shape index (κ2) is 6.21. The van der Waals surface area contributed by atoms with Gasteiger partial charge in [0.25, 0.3) is 0 Å². The molecule has 0 aliphatic carbocycles. The summed E-state index contributed by atoms with van der Waals surface area (Å²) in [7, 11) is 0. The Labute approximate surface area is 110 Å². The minimum atomic E-state index is -0.125. The maximum absolute atomic E-state index is 5.93. The Morgan fingerprint density at radius 2 is 1.89 bits per heavy atom. The number of hydrogen-bond acceptors (Lipinski definition) is 3. The van der Waals surface area contributed by atoms with Crippen molar-refractivity contribution in [1.82, 2.24) is 0 Å². The van der Waals surface area contributed by atoms with Crippen LogP contribution in [-0.4, -0.2) is 18.8 Å². The third-order valence-electron chi connectivity index (χ3n) is 2.54. The zero-order valence-electron chi connectivity index (χ0n) is 12.1. The summed E-state index contributed by atoms with van der Waals surface area (Å²) in [6.07, 6.45) is 0. The van der Waals surface area contributed by atoms with Gasteiger partial charge in [0.2, 0.25) is 0 Å². The van der Waals surface area contributed by atoms with Crippen molar-refractivity contribution in [3.63, 3.8) is 0 Å². The van der Waals surface area contributed by atoms with Crippen LogP contribution in [-0.2, 0) is 4.74 Å². The molecule has 18 heavy (non-hydrogen) atoms. The Bertz CT molecular complexity index is 381. The van der Waals surface area contributed by atoms with Crippen LogP contribution in [0, 0.1) is 6.92 Å². The Kier molecular flexibility index (Phi) is 5.17. The summed E-state index contributed by atoms with van der Waals surface area (Å²) in [6, 6.07) is 6.08. The Hall–Kier alpha value is -1.06. The molecule has 0 saturated heterocycles. The third kappa shape index (κ3) is 5.07. The van der Waals surface area contributed by atoms with Gasteiger partial charge in [0, 0.05) is 11.6 Å². The van der Waals surface area contributed by atoms with E-state index in [1.165, 1.54) is 5.56 Å². The topological polar surface area (TPSA) is 44.5 Å². The molecule has 1 rings (SSSR count). The maximum Gasteiger partial charge on any atom is 0.124 e. The van der Waals surface area contributed by atoms with E-state index >= 15 is 0 Å². The number of aryl methyl sites for hydroxylation is 1. The molecule has 0 saturated carbocycles. The Morgan fingerprint density at radius 3 is 2.44 bits per heavy atom. The minimum Gasteiger partial charge on any atom is -0.491 e. The van der Waals surface area contributed by atoms with Crippen LogP contribution in [0.3, 0.4) is 0 Å². The van der Waals surface area contributed by atoms with Crippen LogP contribution in [0.15, 0.2) is 18.2 Å². The lowest BCUT2D eigenvalue weighted by atomic mass is 10.1. The lowest BCUT2D eigenvalue weighted by Gasteiger charge is -2.20. The molecule has 0 aliphatic heterocycles. The highest BCUT2D eigenvalue weighted by molar-refractivity contribution is 5.38. The molecule has 0 spiro atoms. The van der Waals surface area contributed by atoms with Gasteiger partial charge in [-0.05, 0) is 46.2 Å². The van der Waals surface area contributed by atoms with Gasteiger partial charge in [-0.3, -0.25) is 0 Å². The van der Waals surface area contributed by atoms with Crippen molar-refractivity contribution in [2.75, 3.05) is 13.2 Å².